The fourth-order valence-electron chi connectivity index (χ4n) is 2.25. The molecule has 94 valence electrons. The Morgan fingerprint density at radius 2 is 2.22 bits per heavy atom. The molecule has 1 atom stereocenters. The number of amides is 2. The minimum atomic E-state index is -0.471. The van der Waals surface area contributed by atoms with Gasteiger partial charge in [-0.25, -0.2) is 4.79 Å². The van der Waals surface area contributed by atoms with E-state index in [1.165, 1.54) is 6.26 Å². The summed E-state index contributed by atoms with van der Waals surface area (Å²) < 4.78 is 5.32. The van der Waals surface area contributed by atoms with E-state index < -0.39 is 6.04 Å². The minimum Gasteiger partial charge on any atom is -0.467 e. The van der Waals surface area contributed by atoms with Crippen molar-refractivity contribution in [2.24, 2.45) is 5.92 Å². The number of carbonyl (C=O) groups is 2. The fraction of sp³-hybridized carbons (Fsp3) is 0.385. The molecule has 1 aliphatic heterocycles. The fourth-order valence-corrected chi connectivity index (χ4v) is 2.25. The predicted molar refractivity (Wildman–Crippen MR) is 63.5 cm³/mol. The van der Waals surface area contributed by atoms with Crippen LogP contribution in [-0.4, -0.2) is 11.8 Å². The zero-order valence-corrected chi connectivity index (χ0v) is 10.0. The zero-order valence-electron chi connectivity index (χ0n) is 10.0. The first kappa shape index (κ1) is 11.1. The van der Waals surface area contributed by atoms with Crippen molar-refractivity contribution in [1.82, 2.24) is 10.6 Å². The Balaban J connectivity index is 2.01. The first-order chi connectivity index (χ1) is 8.66. The number of nitrogens with one attached hydrogen (secondary N) is 2. The van der Waals surface area contributed by atoms with Gasteiger partial charge in [0.25, 0.3) is 0 Å². The van der Waals surface area contributed by atoms with Gasteiger partial charge in [0.05, 0.1) is 6.26 Å². The molecule has 1 unspecified atom stereocenters. The molecule has 18 heavy (non-hydrogen) atoms. The second kappa shape index (κ2) is 4.01. The molecule has 1 aromatic heterocycles. The lowest BCUT2D eigenvalue weighted by Crippen LogP contribution is -2.45. The lowest BCUT2D eigenvalue weighted by Gasteiger charge is -2.26. The monoisotopic (exact) mass is 246 g/mol. The number of furan rings is 1. The number of ketones is 1. The van der Waals surface area contributed by atoms with E-state index in [9.17, 15) is 9.59 Å². The predicted octanol–water partition coefficient (Wildman–Crippen LogP) is 1.89. The third-order valence-corrected chi connectivity index (χ3v) is 3.31. The Morgan fingerprint density at radius 3 is 2.83 bits per heavy atom. The molecular formula is C13H14N2O3. The zero-order chi connectivity index (χ0) is 12.7. The number of urea groups is 1. The highest BCUT2D eigenvalue weighted by atomic mass is 16.3. The molecule has 1 saturated carbocycles. The summed E-state index contributed by atoms with van der Waals surface area (Å²) >= 11 is 0. The standard InChI is InChI=1S/C13H14N2O3/c1-7-10(12(16)8-4-5-8)11(15-13(17)14-7)9-3-2-6-18-9/h2-3,6,8,11H,4-5H2,1H3,(H2,14,15,17). The number of hydrogen-bond acceptors (Lipinski definition) is 3. The molecule has 0 saturated heterocycles. The second-order valence-corrected chi connectivity index (χ2v) is 4.72. The number of hydrogen-bond donors (Lipinski definition) is 2. The first-order valence-corrected chi connectivity index (χ1v) is 6.02. The van der Waals surface area contributed by atoms with Crippen molar-refractivity contribution in [3.8, 4) is 0 Å². The summed E-state index contributed by atoms with van der Waals surface area (Å²) in [5, 5.41) is 5.39. The van der Waals surface area contributed by atoms with Gasteiger partial charge in [-0.05, 0) is 31.9 Å². The van der Waals surface area contributed by atoms with Crippen LogP contribution >= 0.6 is 0 Å². The van der Waals surface area contributed by atoms with Gasteiger partial charge in [0.15, 0.2) is 5.78 Å². The van der Waals surface area contributed by atoms with Crippen LogP contribution in [0.1, 0.15) is 31.6 Å². The average Bonchev–Trinajstić information content (AvgIpc) is 3.03. The summed E-state index contributed by atoms with van der Waals surface area (Å²) in [6, 6.07) is 2.74. The Morgan fingerprint density at radius 1 is 1.44 bits per heavy atom. The van der Waals surface area contributed by atoms with Gasteiger partial charge in [-0.15, -0.1) is 0 Å². The maximum absolute atomic E-state index is 12.3. The van der Waals surface area contributed by atoms with Crippen LogP contribution in [0.5, 0.6) is 0 Å². The minimum absolute atomic E-state index is 0.112. The third kappa shape index (κ3) is 1.81. The lowest BCUT2D eigenvalue weighted by molar-refractivity contribution is -0.117. The van der Waals surface area contributed by atoms with Crippen molar-refractivity contribution in [2.75, 3.05) is 0 Å². The SMILES string of the molecule is CC1=C(C(=O)C2CC2)C(c2ccco2)NC(=O)N1. The lowest BCUT2D eigenvalue weighted by atomic mass is 9.94. The van der Waals surface area contributed by atoms with Gasteiger partial charge >= 0.3 is 6.03 Å². The maximum Gasteiger partial charge on any atom is 0.319 e. The molecule has 5 nitrogen and oxygen atoms in total. The molecule has 5 heteroatoms. The molecule has 0 radical (unpaired) electrons. The van der Waals surface area contributed by atoms with E-state index >= 15 is 0 Å². The molecule has 2 heterocycles. The third-order valence-electron chi connectivity index (χ3n) is 3.31. The van der Waals surface area contributed by atoms with Crippen molar-refractivity contribution in [2.45, 2.75) is 25.8 Å². The number of carbonyl (C=O) groups excluding carboxylic acids is 2. The number of Topliss-reactive ketones (excluding diaryl/α,β-unsaturated/α-hetero) is 1. The first-order valence-electron chi connectivity index (χ1n) is 6.02. The summed E-state index contributed by atoms with van der Waals surface area (Å²) in [7, 11) is 0. The van der Waals surface area contributed by atoms with E-state index in [4.69, 9.17) is 4.42 Å². The normalized spacial score (nSPS) is 23.6. The molecule has 0 spiro atoms. The smallest absolute Gasteiger partial charge is 0.319 e. The highest BCUT2D eigenvalue weighted by Gasteiger charge is 2.39. The molecule has 2 N–H and O–H groups in total. The van der Waals surface area contributed by atoms with Gasteiger partial charge in [-0.1, -0.05) is 0 Å². The van der Waals surface area contributed by atoms with E-state index in [2.05, 4.69) is 10.6 Å². The highest BCUT2D eigenvalue weighted by molar-refractivity contribution is 6.02. The van der Waals surface area contributed by atoms with Gasteiger partial charge in [-0.2, -0.15) is 0 Å². The molecule has 0 bridgehead atoms. The van der Waals surface area contributed by atoms with E-state index in [0.29, 0.717) is 17.0 Å². The molecule has 1 fully saturated rings. The van der Waals surface area contributed by atoms with Crippen molar-refractivity contribution in [3.63, 3.8) is 0 Å². The summed E-state index contributed by atoms with van der Waals surface area (Å²) in [4.78, 5) is 23.8. The largest absolute Gasteiger partial charge is 0.467 e. The molecule has 2 aliphatic rings. The number of allylic oxidation sites excluding steroid dienone is 1. The maximum atomic E-state index is 12.3. The summed E-state index contributed by atoms with van der Waals surface area (Å²) in [5.74, 6) is 0.818. The van der Waals surface area contributed by atoms with Crippen LogP contribution < -0.4 is 10.6 Å². The van der Waals surface area contributed by atoms with E-state index in [0.717, 1.165) is 12.8 Å². The Kier molecular flexibility index (Phi) is 2.47. The number of rotatable bonds is 3. The Labute approximate surface area is 104 Å². The molecule has 1 aromatic rings. The molecule has 0 aromatic carbocycles. The van der Waals surface area contributed by atoms with Gasteiger partial charge in [0, 0.05) is 17.2 Å². The van der Waals surface area contributed by atoms with Crippen LogP contribution in [0.15, 0.2) is 34.1 Å². The van der Waals surface area contributed by atoms with Crippen molar-refractivity contribution in [3.05, 3.63) is 35.4 Å². The van der Waals surface area contributed by atoms with Crippen LogP contribution in [-0.2, 0) is 4.79 Å². The summed E-state index contributed by atoms with van der Waals surface area (Å²) in [6.07, 6.45) is 3.42. The Bertz CT molecular complexity index is 526. The van der Waals surface area contributed by atoms with E-state index in [-0.39, 0.29) is 17.7 Å². The van der Waals surface area contributed by atoms with Crippen molar-refractivity contribution < 1.29 is 14.0 Å². The van der Waals surface area contributed by atoms with Crippen LogP contribution in [0.25, 0.3) is 0 Å². The topological polar surface area (TPSA) is 71.3 Å². The van der Waals surface area contributed by atoms with Gasteiger partial charge in [-0.3, -0.25) is 4.79 Å². The van der Waals surface area contributed by atoms with Crippen LogP contribution in [0.2, 0.25) is 0 Å². The van der Waals surface area contributed by atoms with E-state index in [1.54, 1.807) is 19.1 Å². The van der Waals surface area contributed by atoms with Crippen LogP contribution in [0, 0.1) is 5.92 Å². The second-order valence-electron chi connectivity index (χ2n) is 4.72. The molecular weight excluding hydrogens is 232 g/mol. The summed E-state index contributed by atoms with van der Waals surface area (Å²) in [6.45, 7) is 1.75. The Hall–Kier alpha value is -2.04. The van der Waals surface area contributed by atoms with E-state index in [1.807, 2.05) is 0 Å². The van der Waals surface area contributed by atoms with Crippen molar-refractivity contribution in [1.29, 1.82) is 0 Å². The van der Waals surface area contributed by atoms with Gasteiger partial charge in [0.1, 0.15) is 11.8 Å². The molecule has 3 rings (SSSR count). The van der Waals surface area contributed by atoms with Gasteiger partial charge in [0.2, 0.25) is 0 Å². The molecule has 2 amide bonds. The average molecular weight is 246 g/mol. The van der Waals surface area contributed by atoms with Crippen molar-refractivity contribution >= 4 is 11.8 Å². The van der Waals surface area contributed by atoms with Crippen LogP contribution in [0.3, 0.4) is 0 Å². The highest BCUT2D eigenvalue weighted by Crippen LogP contribution is 2.37. The summed E-state index contributed by atoms with van der Waals surface area (Å²) in [5.41, 5.74) is 1.24. The van der Waals surface area contributed by atoms with Gasteiger partial charge < -0.3 is 15.1 Å². The molecule has 1 aliphatic carbocycles. The van der Waals surface area contributed by atoms with Crippen LogP contribution in [0.4, 0.5) is 4.79 Å². The quantitative estimate of drug-likeness (QED) is 0.855.